The summed E-state index contributed by atoms with van der Waals surface area (Å²) in [5.41, 5.74) is 8.54. The lowest BCUT2D eigenvalue weighted by Crippen LogP contribution is -2.11. The molecule has 0 aliphatic carbocycles. The third-order valence-electron chi connectivity index (χ3n) is 2.84. The Kier molecular flexibility index (Phi) is 3.81. The van der Waals surface area contributed by atoms with Gasteiger partial charge in [0.1, 0.15) is 0 Å². The van der Waals surface area contributed by atoms with E-state index in [4.69, 9.17) is 22.1 Å². The number of hydrogen-bond donors (Lipinski definition) is 1. The standard InChI is InChI=1S/C14H15ClN2O2/c1-3-19-14(18)13-12(16)11(8-17(13)2)9-4-6-10(15)7-5-9/h4-8H,3,16H2,1-2H3. The van der Waals surface area contributed by atoms with E-state index in [1.54, 1.807) is 30.7 Å². The van der Waals surface area contributed by atoms with E-state index < -0.39 is 5.97 Å². The Bertz CT molecular complexity index is 603. The Labute approximate surface area is 116 Å². The van der Waals surface area contributed by atoms with Crippen LogP contribution in [0.15, 0.2) is 30.5 Å². The molecule has 0 unspecified atom stereocenters. The number of aromatic nitrogens is 1. The summed E-state index contributed by atoms with van der Waals surface area (Å²) in [6.45, 7) is 2.08. The fourth-order valence-electron chi connectivity index (χ4n) is 1.96. The van der Waals surface area contributed by atoms with Gasteiger partial charge in [0.15, 0.2) is 5.69 Å². The molecule has 1 aromatic carbocycles. The molecule has 0 saturated heterocycles. The molecular formula is C14H15ClN2O2. The number of carbonyl (C=O) groups is 1. The van der Waals surface area contributed by atoms with Crippen molar-refractivity contribution in [3.63, 3.8) is 0 Å². The highest BCUT2D eigenvalue weighted by Gasteiger charge is 2.19. The molecule has 0 radical (unpaired) electrons. The average Bonchev–Trinajstić information content (AvgIpc) is 2.66. The van der Waals surface area contributed by atoms with Gasteiger partial charge in [-0.1, -0.05) is 23.7 Å². The van der Waals surface area contributed by atoms with Crippen LogP contribution in [-0.2, 0) is 11.8 Å². The van der Waals surface area contributed by atoms with Crippen molar-refractivity contribution in [1.82, 2.24) is 4.57 Å². The fourth-order valence-corrected chi connectivity index (χ4v) is 2.08. The van der Waals surface area contributed by atoms with Crippen LogP contribution in [-0.4, -0.2) is 17.1 Å². The molecule has 0 atom stereocenters. The number of ether oxygens (including phenoxy) is 1. The van der Waals surface area contributed by atoms with E-state index in [0.717, 1.165) is 11.1 Å². The minimum Gasteiger partial charge on any atom is -0.461 e. The van der Waals surface area contributed by atoms with Crippen molar-refractivity contribution in [1.29, 1.82) is 0 Å². The maximum absolute atomic E-state index is 11.8. The lowest BCUT2D eigenvalue weighted by atomic mass is 10.1. The first kappa shape index (κ1) is 13.5. The van der Waals surface area contributed by atoms with E-state index in [1.165, 1.54) is 0 Å². The van der Waals surface area contributed by atoms with E-state index in [-0.39, 0.29) is 0 Å². The number of hydrogen-bond acceptors (Lipinski definition) is 3. The first-order valence-corrected chi connectivity index (χ1v) is 6.30. The molecule has 100 valence electrons. The first-order chi connectivity index (χ1) is 9.04. The first-order valence-electron chi connectivity index (χ1n) is 5.92. The van der Waals surface area contributed by atoms with Gasteiger partial charge in [-0.25, -0.2) is 4.79 Å². The van der Waals surface area contributed by atoms with Crippen LogP contribution in [0.5, 0.6) is 0 Å². The Hall–Kier alpha value is -1.94. The average molecular weight is 279 g/mol. The molecule has 0 aliphatic heterocycles. The maximum Gasteiger partial charge on any atom is 0.357 e. The van der Waals surface area contributed by atoms with Gasteiger partial charge in [0.2, 0.25) is 0 Å². The quantitative estimate of drug-likeness (QED) is 0.878. The number of benzene rings is 1. The molecule has 1 aromatic heterocycles. The zero-order valence-electron chi connectivity index (χ0n) is 10.8. The van der Waals surface area contributed by atoms with Crippen LogP contribution in [0.4, 0.5) is 5.69 Å². The summed E-state index contributed by atoms with van der Waals surface area (Å²) >= 11 is 5.86. The predicted octanol–water partition coefficient (Wildman–Crippen LogP) is 3.10. The number of halogens is 1. The molecular weight excluding hydrogens is 264 g/mol. The van der Waals surface area contributed by atoms with Gasteiger partial charge >= 0.3 is 5.97 Å². The van der Waals surface area contributed by atoms with Crippen LogP contribution >= 0.6 is 11.6 Å². The van der Waals surface area contributed by atoms with Crippen LogP contribution in [0, 0.1) is 0 Å². The minimum atomic E-state index is -0.414. The monoisotopic (exact) mass is 278 g/mol. The lowest BCUT2D eigenvalue weighted by Gasteiger charge is -2.04. The van der Waals surface area contributed by atoms with Crippen molar-refractivity contribution >= 4 is 23.3 Å². The van der Waals surface area contributed by atoms with E-state index in [2.05, 4.69) is 0 Å². The summed E-state index contributed by atoms with van der Waals surface area (Å²) in [7, 11) is 1.77. The SMILES string of the molecule is CCOC(=O)c1c(N)c(-c2ccc(Cl)cc2)cn1C. The van der Waals surface area contributed by atoms with Gasteiger partial charge in [0.25, 0.3) is 0 Å². The van der Waals surface area contributed by atoms with E-state index in [9.17, 15) is 4.79 Å². The van der Waals surface area contributed by atoms with Gasteiger partial charge in [-0.3, -0.25) is 0 Å². The van der Waals surface area contributed by atoms with Crippen LogP contribution in [0.2, 0.25) is 5.02 Å². The Morgan fingerprint density at radius 2 is 2.00 bits per heavy atom. The number of nitrogens with zero attached hydrogens (tertiary/aromatic N) is 1. The van der Waals surface area contributed by atoms with Crippen molar-refractivity contribution in [2.75, 3.05) is 12.3 Å². The molecule has 0 aliphatic rings. The predicted molar refractivity (Wildman–Crippen MR) is 76.2 cm³/mol. The summed E-state index contributed by atoms with van der Waals surface area (Å²) in [6.07, 6.45) is 1.81. The summed E-state index contributed by atoms with van der Waals surface area (Å²) in [6, 6.07) is 7.30. The zero-order chi connectivity index (χ0) is 14.0. The van der Waals surface area contributed by atoms with Crippen LogP contribution in [0.25, 0.3) is 11.1 Å². The Balaban J connectivity index is 2.46. The second-order valence-corrected chi connectivity index (χ2v) is 4.58. The van der Waals surface area contributed by atoms with Crippen LogP contribution < -0.4 is 5.73 Å². The number of esters is 1. The normalized spacial score (nSPS) is 10.5. The van der Waals surface area contributed by atoms with Gasteiger partial charge in [-0.2, -0.15) is 0 Å². The maximum atomic E-state index is 11.8. The van der Waals surface area contributed by atoms with Crippen molar-refractivity contribution < 1.29 is 9.53 Å². The molecule has 4 nitrogen and oxygen atoms in total. The number of aryl methyl sites for hydroxylation is 1. The zero-order valence-corrected chi connectivity index (χ0v) is 11.6. The highest BCUT2D eigenvalue weighted by atomic mass is 35.5. The van der Waals surface area contributed by atoms with Gasteiger partial charge in [0, 0.05) is 23.8 Å². The van der Waals surface area contributed by atoms with Crippen LogP contribution in [0.1, 0.15) is 17.4 Å². The van der Waals surface area contributed by atoms with Gasteiger partial charge in [0.05, 0.1) is 12.3 Å². The molecule has 0 amide bonds. The van der Waals surface area contributed by atoms with Crippen molar-refractivity contribution in [2.45, 2.75) is 6.92 Å². The smallest absolute Gasteiger partial charge is 0.357 e. The second-order valence-electron chi connectivity index (χ2n) is 4.14. The number of anilines is 1. The lowest BCUT2D eigenvalue weighted by molar-refractivity contribution is 0.0516. The summed E-state index contributed by atoms with van der Waals surface area (Å²) in [5, 5.41) is 0.656. The Morgan fingerprint density at radius 3 is 2.58 bits per heavy atom. The molecule has 2 aromatic rings. The molecule has 2 N–H and O–H groups in total. The molecule has 0 bridgehead atoms. The number of rotatable bonds is 3. The van der Waals surface area contributed by atoms with Gasteiger partial charge in [-0.15, -0.1) is 0 Å². The number of nitrogen functional groups attached to an aromatic ring is 1. The van der Waals surface area contributed by atoms with E-state index >= 15 is 0 Å². The molecule has 0 saturated carbocycles. The summed E-state index contributed by atoms with van der Waals surface area (Å²) in [4.78, 5) is 11.8. The largest absolute Gasteiger partial charge is 0.461 e. The van der Waals surface area contributed by atoms with E-state index in [0.29, 0.717) is 23.0 Å². The molecule has 0 spiro atoms. The van der Waals surface area contributed by atoms with Crippen molar-refractivity contribution in [3.8, 4) is 11.1 Å². The third-order valence-corrected chi connectivity index (χ3v) is 3.10. The Morgan fingerprint density at radius 1 is 1.37 bits per heavy atom. The topological polar surface area (TPSA) is 57.2 Å². The van der Waals surface area contributed by atoms with E-state index in [1.807, 2.05) is 18.3 Å². The molecule has 0 fully saturated rings. The number of carbonyl (C=O) groups excluding carboxylic acids is 1. The van der Waals surface area contributed by atoms with Gasteiger partial charge < -0.3 is 15.0 Å². The molecule has 19 heavy (non-hydrogen) atoms. The third kappa shape index (κ3) is 2.58. The van der Waals surface area contributed by atoms with Crippen molar-refractivity contribution in [2.24, 2.45) is 7.05 Å². The highest BCUT2D eigenvalue weighted by molar-refractivity contribution is 6.30. The highest BCUT2D eigenvalue weighted by Crippen LogP contribution is 2.31. The van der Waals surface area contributed by atoms with Crippen molar-refractivity contribution in [3.05, 3.63) is 41.2 Å². The molecule has 1 heterocycles. The number of nitrogens with two attached hydrogens (primary N) is 1. The second kappa shape index (κ2) is 5.36. The van der Waals surface area contributed by atoms with Gasteiger partial charge in [-0.05, 0) is 24.6 Å². The summed E-state index contributed by atoms with van der Waals surface area (Å²) < 4.78 is 6.67. The molecule has 5 heteroatoms. The molecule has 2 rings (SSSR count). The minimum absolute atomic E-state index is 0.319. The van der Waals surface area contributed by atoms with Crippen LogP contribution in [0.3, 0.4) is 0 Å². The fraction of sp³-hybridized carbons (Fsp3) is 0.214. The summed E-state index contributed by atoms with van der Waals surface area (Å²) in [5.74, 6) is -0.414.